The molecule has 146 valence electrons. The molecule has 4 rings (SSSR count). The molecule has 3 atom stereocenters. The van der Waals surface area contributed by atoms with Crippen molar-refractivity contribution in [1.82, 2.24) is 20.0 Å². The van der Waals surface area contributed by atoms with Gasteiger partial charge in [0.1, 0.15) is 0 Å². The standard InChI is InChI=1S/C20H27ClN4O2/c1-14-10-24(11-15(2)26-14)12-16-6-5-9-25(16)13-19-22-23-20(27-19)17-7-3-4-8-18(17)21/h3-4,7-8,14-16H,5-6,9-13H2,1-2H3. The highest BCUT2D eigenvalue weighted by Gasteiger charge is 2.30. The summed E-state index contributed by atoms with van der Waals surface area (Å²) < 4.78 is 11.8. The van der Waals surface area contributed by atoms with Crippen LogP contribution in [0.25, 0.3) is 11.5 Å². The first-order valence-electron chi connectivity index (χ1n) is 9.77. The molecule has 0 N–H and O–H groups in total. The molecular formula is C20H27ClN4O2. The Hall–Kier alpha value is -1.47. The lowest BCUT2D eigenvalue weighted by molar-refractivity contribution is -0.0725. The Morgan fingerprint density at radius 3 is 2.70 bits per heavy atom. The summed E-state index contributed by atoms with van der Waals surface area (Å²) >= 11 is 6.24. The molecule has 6 nitrogen and oxygen atoms in total. The van der Waals surface area contributed by atoms with Gasteiger partial charge in [-0.2, -0.15) is 0 Å². The summed E-state index contributed by atoms with van der Waals surface area (Å²) in [4.78, 5) is 5.00. The number of benzene rings is 1. The molecular weight excluding hydrogens is 364 g/mol. The van der Waals surface area contributed by atoms with E-state index >= 15 is 0 Å². The molecule has 2 saturated heterocycles. The van der Waals surface area contributed by atoms with Crippen LogP contribution in [-0.4, -0.2) is 64.4 Å². The van der Waals surface area contributed by atoms with E-state index in [1.165, 1.54) is 12.8 Å². The fourth-order valence-electron chi connectivity index (χ4n) is 4.28. The maximum atomic E-state index is 6.24. The lowest BCUT2D eigenvalue weighted by atomic mass is 10.1. The van der Waals surface area contributed by atoms with Crippen molar-refractivity contribution in [3.8, 4) is 11.5 Å². The van der Waals surface area contributed by atoms with Gasteiger partial charge in [0.05, 0.1) is 29.3 Å². The Bertz CT molecular complexity index is 758. The third-order valence-electron chi connectivity index (χ3n) is 5.37. The zero-order valence-electron chi connectivity index (χ0n) is 16.0. The number of likely N-dealkylation sites (tertiary alicyclic amines) is 1. The average molecular weight is 391 g/mol. The first-order chi connectivity index (χ1) is 13.1. The van der Waals surface area contributed by atoms with Crippen molar-refractivity contribution >= 4 is 11.6 Å². The van der Waals surface area contributed by atoms with Gasteiger partial charge in [0.2, 0.25) is 11.8 Å². The van der Waals surface area contributed by atoms with Crippen molar-refractivity contribution in [2.45, 2.75) is 51.5 Å². The largest absolute Gasteiger partial charge is 0.419 e. The summed E-state index contributed by atoms with van der Waals surface area (Å²) in [7, 11) is 0. The highest BCUT2D eigenvalue weighted by molar-refractivity contribution is 6.33. The molecule has 0 saturated carbocycles. The monoisotopic (exact) mass is 390 g/mol. The minimum atomic E-state index is 0.303. The summed E-state index contributed by atoms with van der Waals surface area (Å²) in [6.07, 6.45) is 3.03. The lowest BCUT2D eigenvalue weighted by Crippen LogP contribution is -2.50. The second kappa shape index (κ2) is 8.27. The Morgan fingerprint density at radius 1 is 1.15 bits per heavy atom. The topological polar surface area (TPSA) is 54.6 Å². The van der Waals surface area contributed by atoms with E-state index in [9.17, 15) is 0 Å². The molecule has 3 heterocycles. The SMILES string of the molecule is CC1CN(CC2CCCN2Cc2nnc(-c3ccccc3Cl)o2)CC(C)O1. The second-order valence-electron chi connectivity index (χ2n) is 7.72. The fraction of sp³-hybridized carbons (Fsp3) is 0.600. The summed E-state index contributed by atoms with van der Waals surface area (Å²) in [5.41, 5.74) is 0.784. The number of halogens is 1. The van der Waals surface area contributed by atoms with Gasteiger partial charge in [-0.15, -0.1) is 10.2 Å². The molecule has 2 aliphatic heterocycles. The van der Waals surface area contributed by atoms with Crippen molar-refractivity contribution in [3.63, 3.8) is 0 Å². The quantitative estimate of drug-likeness (QED) is 0.779. The van der Waals surface area contributed by atoms with Gasteiger partial charge in [-0.05, 0) is 45.4 Å². The molecule has 0 bridgehead atoms. The van der Waals surface area contributed by atoms with Gasteiger partial charge < -0.3 is 9.15 Å². The van der Waals surface area contributed by atoms with E-state index in [4.69, 9.17) is 20.8 Å². The highest BCUT2D eigenvalue weighted by atomic mass is 35.5. The molecule has 0 radical (unpaired) electrons. The van der Waals surface area contributed by atoms with Crippen LogP contribution >= 0.6 is 11.6 Å². The van der Waals surface area contributed by atoms with Crippen LogP contribution in [0.15, 0.2) is 28.7 Å². The van der Waals surface area contributed by atoms with E-state index < -0.39 is 0 Å². The van der Waals surface area contributed by atoms with Crippen molar-refractivity contribution in [2.24, 2.45) is 0 Å². The molecule has 27 heavy (non-hydrogen) atoms. The van der Waals surface area contributed by atoms with Crippen LogP contribution in [0.4, 0.5) is 0 Å². The molecule has 2 aromatic rings. The summed E-state index contributed by atoms with van der Waals surface area (Å²) in [6, 6.07) is 8.08. The van der Waals surface area contributed by atoms with Crippen molar-refractivity contribution in [1.29, 1.82) is 0 Å². The zero-order valence-corrected chi connectivity index (χ0v) is 16.7. The predicted molar refractivity (Wildman–Crippen MR) is 105 cm³/mol. The van der Waals surface area contributed by atoms with Gasteiger partial charge in [0, 0.05) is 25.7 Å². The number of hydrogen-bond acceptors (Lipinski definition) is 6. The average Bonchev–Trinajstić information content (AvgIpc) is 3.25. The fourth-order valence-corrected chi connectivity index (χ4v) is 4.49. The zero-order chi connectivity index (χ0) is 18.8. The van der Waals surface area contributed by atoms with E-state index in [1.54, 1.807) is 0 Å². The Labute approximate surface area is 165 Å². The van der Waals surface area contributed by atoms with Crippen LogP contribution in [0, 0.1) is 0 Å². The van der Waals surface area contributed by atoms with Crippen molar-refractivity contribution in [3.05, 3.63) is 35.2 Å². The molecule has 7 heteroatoms. The van der Waals surface area contributed by atoms with E-state index in [2.05, 4.69) is 33.8 Å². The number of rotatable bonds is 5. The summed E-state index contributed by atoms with van der Waals surface area (Å²) in [5.74, 6) is 1.14. The Balaban J connectivity index is 1.39. The van der Waals surface area contributed by atoms with Gasteiger partial charge in [-0.3, -0.25) is 9.80 Å². The van der Waals surface area contributed by atoms with Crippen molar-refractivity contribution < 1.29 is 9.15 Å². The maximum absolute atomic E-state index is 6.24. The number of morpholine rings is 1. The molecule has 0 aliphatic carbocycles. The lowest BCUT2D eigenvalue weighted by Gasteiger charge is -2.38. The first-order valence-corrected chi connectivity index (χ1v) is 10.2. The smallest absolute Gasteiger partial charge is 0.249 e. The number of ether oxygens (including phenoxy) is 1. The van der Waals surface area contributed by atoms with Crippen LogP contribution < -0.4 is 0 Å². The van der Waals surface area contributed by atoms with Gasteiger partial charge >= 0.3 is 0 Å². The Kier molecular flexibility index (Phi) is 5.78. The van der Waals surface area contributed by atoms with E-state index in [-0.39, 0.29) is 0 Å². The molecule has 1 aromatic heterocycles. The molecule has 2 fully saturated rings. The normalized spacial score (nSPS) is 27.3. The molecule has 2 aliphatic rings. The van der Waals surface area contributed by atoms with Gasteiger partial charge in [0.15, 0.2) is 0 Å². The summed E-state index contributed by atoms with van der Waals surface area (Å²) in [5, 5.41) is 9.07. The molecule has 0 spiro atoms. The predicted octanol–water partition coefficient (Wildman–Crippen LogP) is 3.46. The van der Waals surface area contributed by atoms with Crippen LogP contribution in [0.3, 0.4) is 0 Å². The van der Waals surface area contributed by atoms with Crippen molar-refractivity contribution in [2.75, 3.05) is 26.2 Å². The maximum Gasteiger partial charge on any atom is 0.249 e. The first kappa shape index (κ1) is 18.9. The van der Waals surface area contributed by atoms with Gasteiger partial charge in [0.25, 0.3) is 0 Å². The number of hydrogen-bond donors (Lipinski definition) is 0. The molecule has 1 aromatic carbocycles. The number of nitrogens with zero attached hydrogens (tertiary/aromatic N) is 4. The minimum absolute atomic E-state index is 0.303. The molecule has 3 unspecified atom stereocenters. The van der Waals surface area contributed by atoms with Gasteiger partial charge in [-0.1, -0.05) is 23.7 Å². The van der Waals surface area contributed by atoms with E-state index in [0.717, 1.165) is 31.7 Å². The highest BCUT2D eigenvalue weighted by Crippen LogP contribution is 2.27. The van der Waals surface area contributed by atoms with E-state index in [0.29, 0.717) is 41.6 Å². The van der Waals surface area contributed by atoms with Crippen LogP contribution in [0.1, 0.15) is 32.6 Å². The van der Waals surface area contributed by atoms with Gasteiger partial charge in [-0.25, -0.2) is 0 Å². The third-order valence-corrected chi connectivity index (χ3v) is 5.70. The van der Waals surface area contributed by atoms with Crippen LogP contribution in [-0.2, 0) is 11.3 Å². The van der Waals surface area contributed by atoms with E-state index in [1.807, 2.05) is 24.3 Å². The molecule has 0 amide bonds. The van der Waals surface area contributed by atoms with Crippen LogP contribution in [0.5, 0.6) is 0 Å². The van der Waals surface area contributed by atoms with Crippen LogP contribution in [0.2, 0.25) is 5.02 Å². The summed E-state index contributed by atoms with van der Waals surface area (Å²) in [6.45, 7) is 9.16. The third kappa shape index (κ3) is 4.51. The second-order valence-corrected chi connectivity index (χ2v) is 8.13. The Morgan fingerprint density at radius 2 is 1.93 bits per heavy atom. The number of aromatic nitrogens is 2. The minimum Gasteiger partial charge on any atom is -0.419 e.